The summed E-state index contributed by atoms with van der Waals surface area (Å²) in [5.41, 5.74) is 3.36. The summed E-state index contributed by atoms with van der Waals surface area (Å²) in [5.74, 6) is -0.701. The number of rotatable bonds is 7. The van der Waals surface area contributed by atoms with Crippen LogP contribution in [0.2, 0.25) is 0 Å². The smallest absolute Gasteiger partial charge is 0.188 e. The second-order valence-electron chi connectivity index (χ2n) is 6.90. The van der Waals surface area contributed by atoms with E-state index < -0.39 is 11.6 Å². The molecule has 4 rings (SSSR count). The largest absolute Gasteiger partial charge is 0.497 e. The number of methoxy groups -OCH3 is 1. The summed E-state index contributed by atoms with van der Waals surface area (Å²) < 4.78 is 21.0. The Labute approximate surface area is 179 Å². The average Bonchev–Trinajstić information content (AvgIpc) is 3.21. The number of nitrogens with zero attached hydrogens (tertiary/aromatic N) is 3. The Balaban J connectivity index is 1.65. The second kappa shape index (κ2) is 9.17. The van der Waals surface area contributed by atoms with Gasteiger partial charge in [0.25, 0.3) is 0 Å². The van der Waals surface area contributed by atoms with E-state index in [1.807, 2.05) is 53.3 Å². The Morgan fingerprint density at radius 3 is 2.68 bits per heavy atom. The van der Waals surface area contributed by atoms with E-state index >= 15 is 0 Å². The number of hydrogen-bond donors (Lipinski definition) is 0. The SMILES string of the molecule is COc1ccc(C(=O)/C=C/c2cn(Cc3ccccc3)nc2-c2cccnc2)c(F)c1. The van der Waals surface area contributed by atoms with E-state index in [1.165, 1.54) is 25.3 Å². The molecule has 0 spiro atoms. The van der Waals surface area contributed by atoms with Crippen LogP contribution in [-0.2, 0) is 6.54 Å². The summed E-state index contributed by atoms with van der Waals surface area (Å²) in [5, 5.41) is 4.69. The van der Waals surface area contributed by atoms with Gasteiger partial charge in [0.2, 0.25) is 0 Å². The lowest BCUT2D eigenvalue weighted by atomic mass is 10.1. The van der Waals surface area contributed by atoms with Crippen molar-refractivity contribution in [3.05, 3.63) is 108 Å². The Hall–Kier alpha value is -4.06. The Morgan fingerprint density at radius 1 is 1.13 bits per heavy atom. The predicted octanol–water partition coefficient (Wildman–Crippen LogP) is 5.04. The van der Waals surface area contributed by atoms with Crippen LogP contribution in [0, 0.1) is 5.82 Å². The lowest BCUT2D eigenvalue weighted by molar-refractivity contribution is 0.104. The van der Waals surface area contributed by atoms with Gasteiger partial charge < -0.3 is 4.74 Å². The minimum absolute atomic E-state index is 0.0170. The highest BCUT2D eigenvalue weighted by molar-refractivity contribution is 6.07. The first kappa shape index (κ1) is 20.2. The normalized spacial score (nSPS) is 11.0. The molecule has 4 aromatic rings. The first-order valence-corrected chi connectivity index (χ1v) is 9.72. The molecule has 2 heterocycles. The van der Waals surface area contributed by atoms with Crippen LogP contribution in [-0.4, -0.2) is 27.7 Å². The van der Waals surface area contributed by atoms with Gasteiger partial charge in [-0.25, -0.2) is 4.39 Å². The van der Waals surface area contributed by atoms with Crippen LogP contribution in [0.3, 0.4) is 0 Å². The minimum atomic E-state index is -0.624. The molecule has 2 aromatic heterocycles. The highest BCUT2D eigenvalue weighted by Gasteiger charge is 2.13. The molecule has 0 aliphatic heterocycles. The number of halogens is 1. The van der Waals surface area contributed by atoms with Crippen molar-refractivity contribution >= 4 is 11.9 Å². The molecule has 31 heavy (non-hydrogen) atoms. The summed E-state index contributed by atoms with van der Waals surface area (Å²) in [4.78, 5) is 16.7. The molecular weight excluding hydrogens is 393 g/mol. The molecule has 0 atom stereocenters. The van der Waals surface area contributed by atoms with Crippen LogP contribution in [0.4, 0.5) is 4.39 Å². The van der Waals surface area contributed by atoms with E-state index in [2.05, 4.69) is 4.98 Å². The van der Waals surface area contributed by atoms with Gasteiger partial charge in [-0.1, -0.05) is 30.3 Å². The molecule has 0 radical (unpaired) electrons. The average molecular weight is 413 g/mol. The first-order chi connectivity index (χ1) is 15.1. The number of ether oxygens (including phenoxy) is 1. The summed E-state index contributed by atoms with van der Waals surface area (Å²) in [6.45, 7) is 0.586. The lowest BCUT2D eigenvalue weighted by Crippen LogP contribution is -2.00. The van der Waals surface area contributed by atoms with Crippen molar-refractivity contribution in [2.45, 2.75) is 6.54 Å². The van der Waals surface area contributed by atoms with Crippen molar-refractivity contribution < 1.29 is 13.9 Å². The van der Waals surface area contributed by atoms with Crippen molar-refractivity contribution in [2.24, 2.45) is 0 Å². The monoisotopic (exact) mass is 413 g/mol. The molecule has 5 nitrogen and oxygen atoms in total. The van der Waals surface area contributed by atoms with Gasteiger partial charge in [-0.3, -0.25) is 14.5 Å². The lowest BCUT2D eigenvalue weighted by Gasteiger charge is -2.02. The second-order valence-corrected chi connectivity index (χ2v) is 6.90. The van der Waals surface area contributed by atoms with Crippen LogP contribution in [0.1, 0.15) is 21.5 Å². The first-order valence-electron chi connectivity index (χ1n) is 9.72. The summed E-state index contributed by atoms with van der Waals surface area (Å²) in [6.07, 6.45) is 8.29. The molecule has 0 aliphatic carbocycles. The number of benzene rings is 2. The van der Waals surface area contributed by atoms with Crippen molar-refractivity contribution in [3.63, 3.8) is 0 Å². The zero-order valence-electron chi connectivity index (χ0n) is 16.9. The molecule has 0 saturated carbocycles. The Kier molecular flexibility index (Phi) is 5.98. The Morgan fingerprint density at radius 2 is 1.97 bits per heavy atom. The number of carbonyl (C=O) groups is 1. The molecule has 154 valence electrons. The van der Waals surface area contributed by atoms with Crippen LogP contribution in [0.25, 0.3) is 17.3 Å². The van der Waals surface area contributed by atoms with E-state index in [1.54, 1.807) is 24.5 Å². The number of aromatic nitrogens is 3. The highest BCUT2D eigenvalue weighted by Crippen LogP contribution is 2.24. The third kappa shape index (κ3) is 4.75. The van der Waals surface area contributed by atoms with E-state index in [9.17, 15) is 9.18 Å². The fraction of sp³-hybridized carbons (Fsp3) is 0.0800. The van der Waals surface area contributed by atoms with Gasteiger partial charge in [0.1, 0.15) is 17.3 Å². The van der Waals surface area contributed by atoms with Gasteiger partial charge >= 0.3 is 0 Å². The molecule has 0 unspecified atom stereocenters. The van der Waals surface area contributed by atoms with Gasteiger partial charge in [-0.2, -0.15) is 5.10 Å². The fourth-order valence-electron chi connectivity index (χ4n) is 3.22. The Bertz CT molecular complexity index is 1220. The molecule has 6 heteroatoms. The molecule has 0 saturated heterocycles. The van der Waals surface area contributed by atoms with Crippen LogP contribution < -0.4 is 4.74 Å². The zero-order chi connectivity index (χ0) is 21.6. The third-order valence-electron chi connectivity index (χ3n) is 4.77. The van der Waals surface area contributed by atoms with Crippen molar-refractivity contribution in [1.82, 2.24) is 14.8 Å². The molecule has 0 fully saturated rings. The quantitative estimate of drug-likeness (QED) is 0.315. The van der Waals surface area contributed by atoms with E-state index in [4.69, 9.17) is 9.84 Å². The summed E-state index contributed by atoms with van der Waals surface area (Å²) >= 11 is 0. The maximum absolute atomic E-state index is 14.2. The van der Waals surface area contributed by atoms with E-state index in [0.717, 1.165) is 16.7 Å². The zero-order valence-corrected chi connectivity index (χ0v) is 16.9. The van der Waals surface area contributed by atoms with Crippen LogP contribution in [0.15, 0.2) is 85.3 Å². The van der Waals surface area contributed by atoms with E-state index in [-0.39, 0.29) is 5.56 Å². The molecule has 0 bridgehead atoms. The van der Waals surface area contributed by atoms with Gasteiger partial charge in [0, 0.05) is 35.8 Å². The van der Waals surface area contributed by atoms with Crippen molar-refractivity contribution in [3.8, 4) is 17.0 Å². The minimum Gasteiger partial charge on any atom is -0.497 e. The van der Waals surface area contributed by atoms with E-state index in [0.29, 0.717) is 18.0 Å². The topological polar surface area (TPSA) is 57.0 Å². The fourth-order valence-corrected chi connectivity index (χ4v) is 3.22. The molecular formula is C25H20FN3O2. The summed E-state index contributed by atoms with van der Waals surface area (Å²) in [7, 11) is 1.45. The standard InChI is InChI=1S/C25H20FN3O2/c1-31-21-10-11-22(23(26)14-21)24(30)12-9-20-17-29(16-18-6-3-2-4-7-18)28-25(20)19-8-5-13-27-15-19/h2-15,17H,16H2,1H3/b12-9+. The summed E-state index contributed by atoms with van der Waals surface area (Å²) in [6, 6.07) is 17.9. The predicted molar refractivity (Wildman–Crippen MR) is 117 cm³/mol. The molecule has 0 aliphatic rings. The maximum atomic E-state index is 14.2. The number of hydrogen-bond acceptors (Lipinski definition) is 4. The van der Waals surface area contributed by atoms with Gasteiger partial charge in [0.15, 0.2) is 5.78 Å². The van der Waals surface area contributed by atoms with Crippen molar-refractivity contribution in [1.29, 1.82) is 0 Å². The number of carbonyl (C=O) groups excluding carboxylic acids is 1. The van der Waals surface area contributed by atoms with Crippen LogP contribution in [0.5, 0.6) is 5.75 Å². The highest BCUT2D eigenvalue weighted by atomic mass is 19.1. The van der Waals surface area contributed by atoms with Crippen molar-refractivity contribution in [2.75, 3.05) is 7.11 Å². The number of allylic oxidation sites excluding steroid dienone is 1. The third-order valence-corrected chi connectivity index (χ3v) is 4.77. The maximum Gasteiger partial charge on any atom is 0.188 e. The van der Waals surface area contributed by atoms with Crippen LogP contribution >= 0.6 is 0 Å². The molecule has 0 N–H and O–H groups in total. The number of pyridine rings is 1. The molecule has 0 amide bonds. The number of ketones is 1. The van der Waals surface area contributed by atoms with Gasteiger partial charge in [-0.05, 0) is 42.0 Å². The van der Waals surface area contributed by atoms with Gasteiger partial charge in [-0.15, -0.1) is 0 Å². The molecule has 2 aromatic carbocycles. The van der Waals surface area contributed by atoms with Gasteiger partial charge in [0.05, 0.1) is 19.2 Å².